The molecule has 1 aromatic carbocycles. The Morgan fingerprint density at radius 2 is 2.11 bits per heavy atom. The molecular formula is C15H16O4. The number of Topliss-reactive ketones (excluding diaryl/α,β-unsaturated/α-hetero) is 1. The van der Waals surface area contributed by atoms with Crippen LogP contribution in [0.25, 0.3) is 0 Å². The van der Waals surface area contributed by atoms with Crippen LogP contribution in [0.15, 0.2) is 30.3 Å². The first-order valence-corrected chi connectivity index (χ1v) is 6.51. The molecule has 2 fully saturated rings. The minimum atomic E-state index is -0.688. The number of ether oxygens (including phenoxy) is 2. The summed E-state index contributed by atoms with van der Waals surface area (Å²) in [6.07, 6.45) is 0.984. The molecule has 3 atom stereocenters. The van der Waals surface area contributed by atoms with Crippen LogP contribution in [0, 0.1) is 5.92 Å². The van der Waals surface area contributed by atoms with E-state index < -0.39 is 17.6 Å². The first kappa shape index (κ1) is 12.4. The van der Waals surface area contributed by atoms with E-state index in [0.29, 0.717) is 19.3 Å². The molecule has 0 spiro atoms. The van der Waals surface area contributed by atoms with Crippen LogP contribution in [0.4, 0.5) is 0 Å². The number of rotatable bonds is 2. The van der Waals surface area contributed by atoms with Gasteiger partial charge in [-0.25, -0.2) is 0 Å². The Labute approximate surface area is 111 Å². The van der Waals surface area contributed by atoms with E-state index in [0.717, 1.165) is 5.56 Å². The molecule has 19 heavy (non-hydrogen) atoms. The number of esters is 1. The van der Waals surface area contributed by atoms with Gasteiger partial charge < -0.3 is 9.47 Å². The Kier molecular flexibility index (Phi) is 2.90. The van der Waals surface area contributed by atoms with Crippen LogP contribution < -0.4 is 0 Å². The Morgan fingerprint density at radius 3 is 2.79 bits per heavy atom. The van der Waals surface area contributed by atoms with Gasteiger partial charge in [0.1, 0.15) is 11.7 Å². The largest absolute Gasteiger partial charge is 0.469 e. The number of benzene rings is 1. The zero-order valence-electron chi connectivity index (χ0n) is 10.8. The van der Waals surface area contributed by atoms with Gasteiger partial charge in [0, 0.05) is 6.42 Å². The quantitative estimate of drug-likeness (QED) is 0.761. The van der Waals surface area contributed by atoms with Crippen LogP contribution in [-0.2, 0) is 24.7 Å². The third kappa shape index (κ3) is 1.78. The van der Waals surface area contributed by atoms with Gasteiger partial charge in [0.15, 0.2) is 5.78 Å². The second kappa shape index (κ2) is 4.46. The SMILES string of the molecule is COC(=O)[C@H]1C[C@H]2O[C@@]1(c1ccccc1)CCC2=O. The second-order valence-corrected chi connectivity index (χ2v) is 5.14. The van der Waals surface area contributed by atoms with E-state index in [9.17, 15) is 9.59 Å². The van der Waals surface area contributed by atoms with E-state index in [4.69, 9.17) is 9.47 Å². The first-order chi connectivity index (χ1) is 9.17. The molecule has 3 rings (SSSR count). The van der Waals surface area contributed by atoms with Crippen molar-refractivity contribution in [3.8, 4) is 0 Å². The van der Waals surface area contributed by atoms with E-state index in [1.54, 1.807) is 0 Å². The Balaban J connectivity index is 2.05. The van der Waals surface area contributed by atoms with Crippen molar-refractivity contribution >= 4 is 11.8 Å². The number of carbonyl (C=O) groups excluding carboxylic acids is 2. The zero-order valence-corrected chi connectivity index (χ0v) is 10.8. The lowest BCUT2D eigenvalue weighted by Crippen LogP contribution is -2.41. The zero-order chi connectivity index (χ0) is 13.5. The smallest absolute Gasteiger partial charge is 0.312 e. The molecule has 0 amide bonds. The summed E-state index contributed by atoms with van der Waals surface area (Å²) in [4.78, 5) is 23.8. The molecule has 0 radical (unpaired) electrons. The molecule has 100 valence electrons. The van der Waals surface area contributed by atoms with Gasteiger partial charge in [-0.15, -0.1) is 0 Å². The maximum Gasteiger partial charge on any atom is 0.312 e. The van der Waals surface area contributed by atoms with Crippen molar-refractivity contribution in [3.63, 3.8) is 0 Å². The van der Waals surface area contributed by atoms with Crippen LogP contribution in [0.1, 0.15) is 24.8 Å². The first-order valence-electron chi connectivity index (χ1n) is 6.51. The number of hydrogen-bond donors (Lipinski definition) is 0. The van der Waals surface area contributed by atoms with Gasteiger partial charge in [0.05, 0.1) is 13.0 Å². The summed E-state index contributed by atoms with van der Waals surface area (Å²) in [5.41, 5.74) is 0.271. The predicted octanol–water partition coefficient (Wildman–Crippen LogP) is 1.82. The highest BCUT2D eigenvalue weighted by Gasteiger charge is 2.57. The van der Waals surface area contributed by atoms with Crippen molar-refractivity contribution in [1.82, 2.24) is 0 Å². The lowest BCUT2D eigenvalue weighted by Gasteiger charge is -2.36. The van der Waals surface area contributed by atoms with Crippen LogP contribution >= 0.6 is 0 Å². The molecule has 2 saturated heterocycles. The highest BCUT2D eigenvalue weighted by Crippen LogP contribution is 2.51. The molecule has 0 aliphatic carbocycles. The van der Waals surface area contributed by atoms with Gasteiger partial charge in [-0.05, 0) is 18.4 Å². The van der Waals surface area contributed by atoms with Crippen molar-refractivity contribution in [1.29, 1.82) is 0 Å². The predicted molar refractivity (Wildman–Crippen MR) is 67.4 cm³/mol. The number of ketones is 1. The second-order valence-electron chi connectivity index (χ2n) is 5.14. The third-order valence-electron chi connectivity index (χ3n) is 4.22. The minimum absolute atomic E-state index is 0.0953. The monoisotopic (exact) mass is 260 g/mol. The van der Waals surface area contributed by atoms with E-state index in [1.165, 1.54) is 7.11 Å². The standard InChI is InChI=1S/C15H16O4/c1-18-14(17)11-9-13-12(16)7-8-15(11,19-13)10-5-3-2-4-6-10/h2-6,11,13H,7-9H2,1H3/t11-,13-,15-/m1/s1. The lowest BCUT2D eigenvalue weighted by molar-refractivity contribution is -0.162. The Hall–Kier alpha value is -1.68. The van der Waals surface area contributed by atoms with Gasteiger partial charge in [-0.1, -0.05) is 30.3 Å². The van der Waals surface area contributed by atoms with Crippen molar-refractivity contribution in [2.75, 3.05) is 7.11 Å². The summed E-state index contributed by atoms with van der Waals surface area (Å²) >= 11 is 0. The molecule has 4 heteroatoms. The number of carbonyl (C=O) groups is 2. The van der Waals surface area contributed by atoms with Crippen molar-refractivity contribution in [3.05, 3.63) is 35.9 Å². The fourth-order valence-electron chi connectivity index (χ4n) is 3.25. The molecule has 2 heterocycles. The molecule has 0 N–H and O–H groups in total. The van der Waals surface area contributed by atoms with Crippen LogP contribution in [0.3, 0.4) is 0 Å². The summed E-state index contributed by atoms with van der Waals surface area (Å²) in [7, 11) is 1.38. The molecule has 0 saturated carbocycles. The molecule has 2 aliphatic heterocycles. The van der Waals surface area contributed by atoms with E-state index in [1.807, 2.05) is 30.3 Å². The topological polar surface area (TPSA) is 52.6 Å². The third-order valence-corrected chi connectivity index (χ3v) is 4.22. The molecule has 0 unspecified atom stereocenters. The Morgan fingerprint density at radius 1 is 1.37 bits per heavy atom. The van der Waals surface area contributed by atoms with Crippen LogP contribution in [0.2, 0.25) is 0 Å². The summed E-state index contributed by atoms with van der Waals surface area (Å²) in [5.74, 6) is -0.588. The Bertz CT molecular complexity index is 510. The maximum absolute atomic E-state index is 12.0. The molecular weight excluding hydrogens is 244 g/mol. The average Bonchev–Trinajstić information content (AvgIpc) is 2.80. The maximum atomic E-state index is 12.0. The molecule has 0 aromatic heterocycles. The van der Waals surface area contributed by atoms with Crippen LogP contribution in [0.5, 0.6) is 0 Å². The van der Waals surface area contributed by atoms with Crippen molar-refractivity contribution in [2.45, 2.75) is 31.0 Å². The van der Waals surface area contributed by atoms with E-state index >= 15 is 0 Å². The number of fused-ring (bicyclic) bond motifs is 2. The van der Waals surface area contributed by atoms with Crippen molar-refractivity contribution < 1.29 is 19.1 Å². The van der Waals surface area contributed by atoms with Crippen LogP contribution in [-0.4, -0.2) is 25.0 Å². The molecule has 1 aromatic rings. The fraction of sp³-hybridized carbons (Fsp3) is 0.467. The summed E-state index contributed by atoms with van der Waals surface area (Å²) in [6, 6.07) is 9.67. The summed E-state index contributed by atoms with van der Waals surface area (Å²) < 4.78 is 10.9. The van der Waals surface area contributed by atoms with Crippen molar-refractivity contribution in [2.24, 2.45) is 5.92 Å². The molecule has 2 aliphatic rings. The number of methoxy groups -OCH3 is 1. The highest BCUT2D eigenvalue weighted by atomic mass is 16.5. The van der Waals surface area contributed by atoms with Gasteiger partial charge in [-0.2, -0.15) is 0 Å². The van der Waals surface area contributed by atoms with Gasteiger partial charge >= 0.3 is 5.97 Å². The summed E-state index contributed by atoms with van der Waals surface area (Å²) in [5, 5.41) is 0. The summed E-state index contributed by atoms with van der Waals surface area (Å²) in [6.45, 7) is 0. The van der Waals surface area contributed by atoms with Gasteiger partial charge in [0.25, 0.3) is 0 Å². The van der Waals surface area contributed by atoms with Gasteiger partial charge in [0.2, 0.25) is 0 Å². The molecule has 2 bridgehead atoms. The number of hydrogen-bond acceptors (Lipinski definition) is 4. The van der Waals surface area contributed by atoms with Gasteiger partial charge in [-0.3, -0.25) is 9.59 Å². The van der Waals surface area contributed by atoms with E-state index in [-0.39, 0.29) is 11.8 Å². The average molecular weight is 260 g/mol. The normalized spacial score (nSPS) is 33.2. The fourth-order valence-corrected chi connectivity index (χ4v) is 3.25. The molecule has 4 nitrogen and oxygen atoms in total. The minimum Gasteiger partial charge on any atom is -0.469 e. The van der Waals surface area contributed by atoms with E-state index in [2.05, 4.69) is 0 Å². The lowest BCUT2D eigenvalue weighted by atomic mass is 9.79. The highest BCUT2D eigenvalue weighted by molar-refractivity contribution is 5.87.